The van der Waals surface area contributed by atoms with Gasteiger partial charge in [0.25, 0.3) is 0 Å². The van der Waals surface area contributed by atoms with Crippen molar-refractivity contribution in [3.05, 3.63) is 53.6 Å². The molecule has 1 aliphatic rings. The summed E-state index contributed by atoms with van der Waals surface area (Å²) in [4.78, 5) is 6.23. The van der Waals surface area contributed by atoms with Crippen molar-refractivity contribution < 1.29 is 18.3 Å². The number of aromatic nitrogens is 2. The van der Waals surface area contributed by atoms with Gasteiger partial charge in [-0.3, -0.25) is 4.90 Å². The van der Waals surface area contributed by atoms with Crippen molar-refractivity contribution in [3.8, 4) is 0 Å². The van der Waals surface area contributed by atoms with E-state index in [-0.39, 0.29) is 18.0 Å². The number of aliphatic hydroxyl groups is 1. The average Bonchev–Trinajstić information content (AvgIpc) is 3.13. The first-order valence-electron chi connectivity index (χ1n) is 8.37. The number of nitrogens with zero attached hydrogens (tertiary/aromatic N) is 3. The Balaban J connectivity index is 1.92. The largest absolute Gasteiger partial charge is 0.416 e. The second kappa shape index (κ2) is 6.80. The molecule has 1 aromatic carbocycles. The number of benzene rings is 1. The fourth-order valence-electron chi connectivity index (χ4n) is 3.54. The van der Waals surface area contributed by atoms with Crippen LogP contribution < -0.4 is 0 Å². The Kier molecular flexibility index (Phi) is 4.88. The summed E-state index contributed by atoms with van der Waals surface area (Å²) in [6.45, 7) is 4.79. The molecule has 3 rings (SSSR count). The number of halogens is 3. The minimum Gasteiger partial charge on any atom is -0.392 e. The van der Waals surface area contributed by atoms with E-state index >= 15 is 0 Å². The van der Waals surface area contributed by atoms with Crippen LogP contribution in [-0.2, 0) is 12.7 Å². The first kappa shape index (κ1) is 17.9. The number of β-amino-alcohol motifs (C(OH)–C–C–N with tert-alkyl or cyclic N) is 1. The van der Waals surface area contributed by atoms with Gasteiger partial charge in [-0.15, -0.1) is 0 Å². The van der Waals surface area contributed by atoms with Crippen LogP contribution in [0, 0.1) is 0 Å². The number of likely N-dealkylation sites (tertiary alicyclic amines) is 1. The van der Waals surface area contributed by atoms with Crippen LogP contribution in [0.1, 0.15) is 49.3 Å². The molecule has 0 spiro atoms. The molecule has 1 saturated heterocycles. The first-order chi connectivity index (χ1) is 11.8. The van der Waals surface area contributed by atoms with Crippen LogP contribution in [0.3, 0.4) is 0 Å². The lowest BCUT2D eigenvalue weighted by Gasteiger charge is -2.27. The molecule has 25 heavy (non-hydrogen) atoms. The lowest BCUT2D eigenvalue weighted by Crippen LogP contribution is -2.27. The van der Waals surface area contributed by atoms with Crippen molar-refractivity contribution in [1.82, 2.24) is 14.5 Å². The molecule has 0 saturated carbocycles. The zero-order valence-corrected chi connectivity index (χ0v) is 14.2. The third kappa shape index (κ3) is 3.72. The van der Waals surface area contributed by atoms with Gasteiger partial charge in [-0.1, -0.05) is 18.2 Å². The van der Waals surface area contributed by atoms with Crippen LogP contribution in [0.4, 0.5) is 13.2 Å². The summed E-state index contributed by atoms with van der Waals surface area (Å²) >= 11 is 0. The molecule has 2 aromatic rings. The SMILES string of the molecule is CC(C)n1ccnc1CN1C[C@H](O)C[C@@H]1c1ccccc1C(F)(F)F. The average molecular weight is 353 g/mol. The Hall–Kier alpha value is -1.86. The van der Waals surface area contributed by atoms with Crippen LogP contribution in [-0.4, -0.2) is 32.2 Å². The molecule has 0 bridgehead atoms. The van der Waals surface area contributed by atoms with E-state index in [0.29, 0.717) is 13.1 Å². The Morgan fingerprint density at radius 1 is 1.28 bits per heavy atom. The third-order valence-corrected chi connectivity index (χ3v) is 4.66. The van der Waals surface area contributed by atoms with E-state index in [0.717, 1.165) is 11.9 Å². The van der Waals surface area contributed by atoms with E-state index in [4.69, 9.17) is 0 Å². The Morgan fingerprint density at radius 2 is 2.00 bits per heavy atom. The number of imidazole rings is 1. The van der Waals surface area contributed by atoms with Crippen LogP contribution in [0.2, 0.25) is 0 Å². The number of hydrogen-bond donors (Lipinski definition) is 1. The van der Waals surface area contributed by atoms with E-state index in [1.54, 1.807) is 12.3 Å². The molecular formula is C18H22F3N3O. The van der Waals surface area contributed by atoms with Gasteiger partial charge in [-0.05, 0) is 31.9 Å². The summed E-state index contributed by atoms with van der Waals surface area (Å²) in [6, 6.07) is 5.35. The zero-order valence-electron chi connectivity index (χ0n) is 14.2. The molecule has 4 nitrogen and oxygen atoms in total. The predicted molar refractivity (Wildman–Crippen MR) is 87.8 cm³/mol. The van der Waals surface area contributed by atoms with E-state index in [2.05, 4.69) is 4.98 Å². The normalized spacial score (nSPS) is 22.0. The Bertz CT molecular complexity index is 726. The number of aliphatic hydroxyl groups excluding tert-OH is 1. The highest BCUT2D eigenvalue weighted by molar-refractivity contribution is 5.33. The molecular weight excluding hydrogens is 331 g/mol. The van der Waals surface area contributed by atoms with Gasteiger partial charge in [0.1, 0.15) is 5.82 Å². The maximum atomic E-state index is 13.4. The van der Waals surface area contributed by atoms with Crippen molar-refractivity contribution in [2.24, 2.45) is 0 Å². The number of hydrogen-bond acceptors (Lipinski definition) is 3. The topological polar surface area (TPSA) is 41.3 Å². The standard InChI is InChI=1S/C18H22F3N3O/c1-12(2)24-8-7-22-17(24)11-23-10-13(25)9-16(23)14-5-3-4-6-15(14)18(19,20)21/h3-8,12-13,16,25H,9-11H2,1-2H3/t13-,16-/m1/s1. The zero-order chi connectivity index (χ0) is 18.2. The summed E-state index contributed by atoms with van der Waals surface area (Å²) in [5, 5.41) is 10.1. The maximum absolute atomic E-state index is 13.4. The Morgan fingerprint density at radius 3 is 2.68 bits per heavy atom. The number of rotatable bonds is 4. The minimum absolute atomic E-state index is 0.214. The lowest BCUT2D eigenvalue weighted by atomic mass is 9.97. The summed E-state index contributed by atoms with van der Waals surface area (Å²) in [7, 11) is 0. The van der Waals surface area contributed by atoms with Gasteiger partial charge in [-0.25, -0.2) is 4.98 Å². The van der Waals surface area contributed by atoms with Crippen molar-refractivity contribution in [1.29, 1.82) is 0 Å². The summed E-state index contributed by atoms with van der Waals surface area (Å²) in [5.41, 5.74) is -0.416. The van der Waals surface area contributed by atoms with Gasteiger partial charge in [0.2, 0.25) is 0 Å². The molecule has 2 atom stereocenters. The highest BCUT2D eigenvalue weighted by Gasteiger charge is 2.40. The van der Waals surface area contributed by atoms with E-state index in [1.807, 2.05) is 29.5 Å². The van der Waals surface area contributed by atoms with Crippen LogP contribution >= 0.6 is 0 Å². The summed E-state index contributed by atoms with van der Waals surface area (Å²) in [6.07, 6.45) is -1.21. The van der Waals surface area contributed by atoms with Gasteiger partial charge in [0.15, 0.2) is 0 Å². The fourth-order valence-corrected chi connectivity index (χ4v) is 3.54. The molecule has 1 aromatic heterocycles. The second-order valence-electron chi connectivity index (χ2n) is 6.76. The summed E-state index contributed by atoms with van der Waals surface area (Å²) < 4.78 is 42.1. The molecule has 136 valence electrons. The first-order valence-corrected chi connectivity index (χ1v) is 8.37. The third-order valence-electron chi connectivity index (χ3n) is 4.66. The molecule has 7 heteroatoms. The highest BCUT2D eigenvalue weighted by Crippen LogP contribution is 2.40. The van der Waals surface area contributed by atoms with Crippen LogP contribution in [0.25, 0.3) is 0 Å². The van der Waals surface area contributed by atoms with E-state index in [9.17, 15) is 18.3 Å². The van der Waals surface area contributed by atoms with Crippen LogP contribution in [0.15, 0.2) is 36.7 Å². The predicted octanol–water partition coefficient (Wildman–Crippen LogP) is 3.79. The van der Waals surface area contributed by atoms with Crippen molar-refractivity contribution in [2.45, 2.75) is 51.2 Å². The minimum atomic E-state index is -4.41. The van der Waals surface area contributed by atoms with Crippen LogP contribution in [0.5, 0.6) is 0 Å². The Labute approximate surface area is 144 Å². The molecule has 0 amide bonds. The van der Waals surface area contributed by atoms with E-state index < -0.39 is 23.9 Å². The second-order valence-corrected chi connectivity index (χ2v) is 6.76. The summed E-state index contributed by atoms with van der Waals surface area (Å²) in [5.74, 6) is 0.790. The molecule has 0 radical (unpaired) electrons. The van der Waals surface area contributed by atoms with Gasteiger partial charge in [-0.2, -0.15) is 13.2 Å². The van der Waals surface area contributed by atoms with Crippen molar-refractivity contribution in [2.75, 3.05) is 6.54 Å². The van der Waals surface area contributed by atoms with Gasteiger partial charge >= 0.3 is 6.18 Å². The highest BCUT2D eigenvalue weighted by atomic mass is 19.4. The number of alkyl halides is 3. The monoisotopic (exact) mass is 353 g/mol. The molecule has 1 N–H and O–H groups in total. The quantitative estimate of drug-likeness (QED) is 0.909. The molecule has 1 aliphatic heterocycles. The van der Waals surface area contributed by atoms with E-state index in [1.165, 1.54) is 12.1 Å². The maximum Gasteiger partial charge on any atom is 0.416 e. The van der Waals surface area contributed by atoms with Crippen molar-refractivity contribution in [3.63, 3.8) is 0 Å². The molecule has 0 aliphatic carbocycles. The fraction of sp³-hybridized carbons (Fsp3) is 0.500. The molecule has 1 fully saturated rings. The van der Waals surface area contributed by atoms with Gasteiger partial charge in [0, 0.05) is 31.0 Å². The smallest absolute Gasteiger partial charge is 0.392 e. The lowest BCUT2D eigenvalue weighted by molar-refractivity contribution is -0.138. The van der Waals surface area contributed by atoms with Gasteiger partial charge in [0.05, 0.1) is 18.2 Å². The molecule has 0 unspecified atom stereocenters. The van der Waals surface area contributed by atoms with Gasteiger partial charge < -0.3 is 9.67 Å². The van der Waals surface area contributed by atoms with Crippen molar-refractivity contribution >= 4 is 0 Å². The molecule has 2 heterocycles.